The van der Waals surface area contributed by atoms with Gasteiger partial charge in [0, 0.05) is 38.7 Å². The predicted octanol–water partition coefficient (Wildman–Crippen LogP) is 2.06. The van der Waals surface area contributed by atoms with Crippen LogP contribution in [0.4, 0.5) is 0 Å². The van der Waals surface area contributed by atoms with Crippen molar-refractivity contribution in [2.45, 2.75) is 20.3 Å². The molecule has 0 amide bonds. The van der Waals surface area contributed by atoms with Gasteiger partial charge in [-0.15, -0.1) is 0 Å². The van der Waals surface area contributed by atoms with Crippen LogP contribution in [0.3, 0.4) is 0 Å². The number of ether oxygens (including phenoxy) is 3. The molecular weight excluding hydrogens is 294 g/mol. The van der Waals surface area contributed by atoms with Crippen molar-refractivity contribution in [2.24, 2.45) is 4.99 Å². The Bertz CT molecular complexity index is 452. The molecule has 0 aliphatic heterocycles. The summed E-state index contributed by atoms with van der Waals surface area (Å²) in [7, 11) is 1.65. The summed E-state index contributed by atoms with van der Waals surface area (Å²) in [5.74, 6) is 2.43. The van der Waals surface area contributed by atoms with Gasteiger partial charge in [-0.3, -0.25) is 4.99 Å². The highest BCUT2D eigenvalue weighted by molar-refractivity contribution is 5.79. The molecule has 0 fully saturated rings. The maximum absolute atomic E-state index is 5.69. The van der Waals surface area contributed by atoms with Crippen molar-refractivity contribution in [1.29, 1.82) is 0 Å². The molecule has 0 radical (unpaired) electrons. The molecule has 130 valence electrons. The fourth-order valence-electron chi connectivity index (χ4n) is 1.86. The third kappa shape index (κ3) is 8.93. The van der Waals surface area contributed by atoms with E-state index in [1.165, 1.54) is 0 Å². The third-order valence-electron chi connectivity index (χ3n) is 2.97. The van der Waals surface area contributed by atoms with Crippen molar-refractivity contribution in [3.8, 4) is 11.5 Å². The molecule has 0 unspecified atom stereocenters. The fraction of sp³-hybridized carbons (Fsp3) is 0.588. The Kier molecular flexibility index (Phi) is 10.4. The van der Waals surface area contributed by atoms with E-state index in [4.69, 9.17) is 14.2 Å². The zero-order valence-electron chi connectivity index (χ0n) is 14.4. The van der Waals surface area contributed by atoms with Gasteiger partial charge in [0.1, 0.15) is 11.5 Å². The average Bonchev–Trinajstić information content (AvgIpc) is 2.58. The summed E-state index contributed by atoms with van der Waals surface area (Å²) < 4.78 is 16.2. The number of hydrogen-bond donors (Lipinski definition) is 2. The van der Waals surface area contributed by atoms with E-state index in [1.54, 1.807) is 7.11 Å². The van der Waals surface area contributed by atoms with Crippen molar-refractivity contribution >= 4 is 5.96 Å². The zero-order chi connectivity index (χ0) is 16.8. The van der Waals surface area contributed by atoms with Crippen LogP contribution in [0.15, 0.2) is 29.3 Å². The summed E-state index contributed by atoms with van der Waals surface area (Å²) >= 11 is 0. The van der Waals surface area contributed by atoms with E-state index in [0.29, 0.717) is 19.8 Å². The van der Waals surface area contributed by atoms with Gasteiger partial charge >= 0.3 is 0 Å². The number of hydrogen-bond acceptors (Lipinski definition) is 4. The molecule has 1 rings (SSSR count). The molecule has 0 aliphatic rings. The highest BCUT2D eigenvalue weighted by Crippen LogP contribution is 2.18. The summed E-state index contributed by atoms with van der Waals surface area (Å²) in [4.78, 5) is 4.51. The van der Waals surface area contributed by atoms with E-state index < -0.39 is 0 Å². The van der Waals surface area contributed by atoms with Gasteiger partial charge in [0.2, 0.25) is 0 Å². The van der Waals surface area contributed by atoms with Gasteiger partial charge in [0.05, 0.1) is 20.3 Å². The van der Waals surface area contributed by atoms with Crippen LogP contribution < -0.4 is 20.1 Å². The lowest BCUT2D eigenvalue weighted by Gasteiger charge is -2.11. The molecular formula is C17H29N3O3. The predicted molar refractivity (Wildman–Crippen MR) is 93.6 cm³/mol. The lowest BCUT2D eigenvalue weighted by Crippen LogP contribution is -2.39. The summed E-state index contributed by atoms with van der Waals surface area (Å²) in [6.45, 7) is 8.35. The molecule has 1 aromatic rings. The van der Waals surface area contributed by atoms with Crippen molar-refractivity contribution in [3.63, 3.8) is 0 Å². The first-order chi connectivity index (χ1) is 11.3. The molecule has 0 bridgehead atoms. The molecule has 0 aliphatic carbocycles. The van der Waals surface area contributed by atoms with Gasteiger partial charge in [-0.25, -0.2) is 0 Å². The first-order valence-corrected chi connectivity index (χ1v) is 8.17. The van der Waals surface area contributed by atoms with E-state index in [-0.39, 0.29) is 0 Å². The minimum absolute atomic E-state index is 0.620. The number of aliphatic imine (C=N–C) groups is 1. The number of guanidine groups is 1. The smallest absolute Gasteiger partial charge is 0.191 e. The molecule has 0 atom stereocenters. The first kappa shape index (κ1) is 19.1. The quantitative estimate of drug-likeness (QED) is 0.371. The van der Waals surface area contributed by atoms with Gasteiger partial charge in [-0.1, -0.05) is 6.07 Å². The standard InChI is InChI=1S/C17H29N3O3/c1-4-18-17(20-11-13-22-5-2)19-10-7-12-23-16-9-6-8-15(14-16)21-3/h6,8-9,14H,4-5,7,10-13H2,1-3H3,(H2,18,19,20). The van der Waals surface area contributed by atoms with Crippen LogP contribution in [0, 0.1) is 0 Å². The Morgan fingerprint density at radius 3 is 2.70 bits per heavy atom. The molecule has 2 N–H and O–H groups in total. The Hall–Kier alpha value is -1.95. The zero-order valence-corrected chi connectivity index (χ0v) is 14.4. The molecule has 23 heavy (non-hydrogen) atoms. The van der Waals surface area contributed by atoms with Crippen LogP contribution in [0.25, 0.3) is 0 Å². The van der Waals surface area contributed by atoms with Crippen LogP contribution in [0.1, 0.15) is 20.3 Å². The first-order valence-electron chi connectivity index (χ1n) is 8.17. The van der Waals surface area contributed by atoms with Gasteiger partial charge < -0.3 is 24.8 Å². The highest BCUT2D eigenvalue weighted by atomic mass is 16.5. The minimum atomic E-state index is 0.620. The second kappa shape index (κ2) is 12.6. The topological polar surface area (TPSA) is 64.1 Å². The number of methoxy groups -OCH3 is 1. The summed E-state index contributed by atoms with van der Waals surface area (Å²) in [6, 6.07) is 7.61. The maximum Gasteiger partial charge on any atom is 0.191 e. The van der Waals surface area contributed by atoms with Crippen molar-refractivity contribution in [1.82, 2.24) is 10.6 Å². The highest BCUT2D eigenvalue weighted by Gasteiger charge is 1.98. The van der Waals surface area contributed by atoms with Gasteiger partial charge in [-0.2, -0.15) is 0 Å². The SMILES string of the molecule is CCNC(=NCCCOc1cccc(OC)c1)NCCOCC. The normalized spacial score (nSPS) is 11.2. The van der Waals surface area contributed by atoms with Crippen LogP contribution in [-0.4, -0.2) is 52.5 Å². The Morgan fingerprint density at radius 1 is 1.13 bits per heavy atom. The lowest BCUT2D eigenvalue weighted by molar-refractivity contribution is 0.152. The van der Waals surface area contributed by atoms with E-state index in [9.17, 15) is 0 Å². The summed E-state index contributed by atoms with van der Waals surface area (Å²) in [5.41, 5.74) is 0. The van der Waals surface area contributed by atoms with Crippen molar-refractivity contribution in [3.05, 3.63) is 24.3 Å². The Balaban J connectivity index is 2.25. The van der Waals surface area contributed by atoms with E-state index in [0.717, 1.165) is 43.6 Å². The van der Waals surface area contributed by atoms with Crippen LogP contribution in [0.2, 0.25) is 0 Å². The summed E-state index contributed by atoms with van der Waals surface area (Å²) in [5, 5.41) is 6.44. The molecule has 0 saturated carbocycles. The average molecular weight is 323 g/mol. The molecule has 0 spiro atoms. The number of rotatable bonds is 11. The monoisotopic (exact) mass is 323 g/mol. The Morgan fingerprint density at radius 2 is 1.96 bits per heavy atom. The number of nitrogens with one attached hydrogen (secondary N) is 2. The van der Waals surface area contributed by atoms with Crippen molar-refractivity contribution < 1.29 is 14.2 Å². The van der Waals surface area contributed by atoms with Gasteiger partial charge in [-0.05, 0) is 26.0 Å². The summed E-state index contributed by atoms with van der Waals surface area (Å²) in [6.07, 6.45) is 0.846. The number of benzene rings is 1. The third-order valence-corrected chi connectivity index (χ3v) is 2.97. The molecule has 0 heterocycles. The van der Waals surface area contributed by atoms with Crippen LogP contribution in [-0.2, 0) is 4.74 Å². The molecule has 0 saturated heterocycles. The van der Waals surface area contributed by atoms with Crippen molar-refractivity contribution in [2.75, 3.05) is 46.6 Å². The van der Waals surface area contributed by atoms with Gasteiger partial charge in [0.15, 0.2) is 5.96 Å². The largest absolute Gasteiger partial charge is 0.497 e. The van der Waals surface area contributed by atoms with E-state index >= 15 is 0 Å². The molecule has 6 nitrogen and oxygen atoms in total. The van der Waals surface area contributed by atoms with E-state index in [1.807, 2.05) is 38.1 Å². The van der Waals surface area contributed by atoms with E-state index in [2.05, 4.69) is 15.6 Å². The molecule has 6 heteroatoms. The molecule has 0 aromatic heterocycles. The number of nitrogens with zero attached hydrogens (tertiary/aromatic N) is 1. The van der Waals surface area contributed by atoms with Crippen LogP contribution >= 0.6 is 0 Å². The van der Waals surface area contributed by atoms with Crippen LogP contribution in [0.5, 0.6) is 11.5 Å². The maximum atomic E-state index is 5.69. The fourth-order valence-corrected chi connectivity index (χ4v) is 1.86. The lowest BCUT2D eigenvalue weighted by atomic mass is 10.3. The van der Waals surface area contributed by atoms with Gasteiger partial charge in [0.25, 0.3) is 0 Å². The molecule has 1 aromatic carbocycles. The second-order valence-corrected chi connectivity index (χ2v) is 4.77. The second-order valence-electron chi connectivity index (χ2n) is 4.77. The minimum Gasteiger partial charge on any atom is -0.497 e. The Labute approximate surface area is 139 Å².